The van der Waals surface area contributed by atoms with Gasteiger partial charge >= 0.3 is 5.97 Å². The monoisotopic (exact) mass is 478 g/mol. The summed E-state index contributed by atoms with van der Waals surface area (Å²) in [5.74, 6) is -1.27. The van der Waals surface area contributed by atoms with Crippen LogP contribution in [0.2, 0.25) is 0 Å². The molecule has 1 N–H and O–H groups in total. The van der Waals surface area contributed by atoms with Gasteiger partial charge < -0.3 is 19.5 Å². The number of aryl methyl sites for hydroxylation is 1. The van der Waals surface area contributed by atoms with E-state index in [1.54, 1.807) is 33.0 Å². The SMILES string of the molecule is CCN(c1ccc(NC(=O)COC(=O)c2cc(S(=O)(=O)N(CC)CC)cn2C)cc1)C(C)C. The molecule has 0 radical (unpaired) electrons. The number of anilines is 2. The molecule has 0 spiro atoms. The van der Waals surface area contributed by atoms with E-state index in [-0.39, 0.29) is 10.6 Å². The summed E-state index contributed by atoms with van der Waals surface area (Å²) >= 11 is 0. The summed E-state index contributed by atoms with van der Waals surface area (Å²) in [6.07, 6.45) is 1.36. The molecule has 1 amide bonds. The van der Waals surface area contributed by atoms with Gasteiger partial charge in [-0.1, -0.05) is 13.8 Å². The highest BCUT2D eigenvalue weighted by atomic mass is 32.2. The molecule has 0 unspecified atom stereocenters. The smallest absolute Gasteiger partial charge is 0.355 e. The Kier molecular flexibility index (Phi) is 9.07. The molecule has 0 bridgehead atoms. The molecule has 33 heavy (non-hydrogen) atoms. The van der Waals surface area contributed by atoms with Gasteiger partial charge in [-0.25, -0.2) is 13.2 Å². The molecular weight excluding hydrogens is 444 g/mol. The van der Waals surface area contributed by atoms with E-state index in [0.717, 1.165) is 12.2 Å². The molecule has 10 heteroatoms. The van der Waals surface area contributed by atoms with Gasteiger partial charge in [-0.2, -0.15) is 4.31 Å². The van der Waals surface area contributed by atoms with Gasteiger partial charge in [-0.3, -0.25) is 4.79 Å². The molecule has 2 aromatic rings. The zero-order valence-electron chi connectivity index (χ0n) is 20.2. The molecule has 9 nitrogen and oxygen atoms in total. The first-order chi connectivity index (χ1) is 15.5. The van der Waals surface area contributed by atoms with Gasteiger partial charge in [0.05, 0.1) is 0 Å². The molecule has 1 aromatic heterocycles. The normalized spacial score (nSPS) is 11.6. The summed E-state index contributed by atoms with van der Waals surface area (Å²) in [7, 11) is -2.15. The summed E-state index contributed by atoms with van der Waals surface area (Å²) in [4.78, 5) is 26.9. The van der Waals surface area contributed by atoms with Gasteiger partial charge in [0, 0.05) is 50.3 Å². The van der Waals surface area contributed by atoms with Crippen LogP contribution < -0.4 is 10.2 Å². The second kappa shape index (κ2) is 11.3. The van der Waals surface area contributed by atoms with Crippen LogP contribution in [0.1, 0.15) is 45.1 Å². The van der Waals surface area contributed by atoms with Crippen LogP contribution in [-0.4, -0.2) is 61.4 Å². The Labute approximate surface area is 196 Å². The van der Waals surface area contributed by atoms with Crippen LogP contribution in [0, 0.1) is 0 Å². The van der Waals surface area contributed by atoms with Gasteiger partial charge in [0.1, 0.15) is 10.6 Å². The number of aromatic nitrogens is 1. The lowest BCUT2D eigenvalue weighted by Gasteiger charge is -2.27. The van der Waals surface area contributed by atoms with E-state index in [1.165, 1.54) is 21.1 Å². The summed E-state index contributed by atoms with van der Waals surface area (Å²) in [5.41, 5.74) is 1.69. The van der Waals surface area contributed by atoms with E-state index in [1.807, 2.05) is 12.1 Å². The second-order valence-electron chi connectivity index (χ2n) is 7.81. The fraction of sp³-hybridized carbons (Fsp3) is 0.478. The lowest BCUT2D eigenvalue weighted by Crippen LogP contribution is -2.30. The van der Waals surface area contributed by atoms with Crippen LogP contribution in [0.25, 0.3) is 0 Å². The van der Waals surface area contributed by atoms with Gasteiger partial charge in [-0.05, 0) is 51.1 Å². The van der Waals surface area contributed by atoms with Crippen molar-refractivity contribution in [1.82, 2.24) is 8.87 Å². The minimum Gasteiger partial charge on any atom is -0.451 e. The average molecular weight is 479 g/mol. The van der Waals surface area contributed by atoms with Crippen LogP contribution >= 0.6 is 0 Å². The maximum atomic E-state index is 12.7. The molecule has 182 valence electrons. The molecule has 0 aliphatic heterocycles. The number of rotatable bonds is 11. The van der Waals surface area contributed by atoms with Crippen molar-refractivity contribution in [3.05, 3.63) is 42.2 Å². The minimum absolute atomic E-state index is 0.00714. The van der Waals surface area contributed by atoms with Crippen LogP contribution in [0.3, 0.4) is 0 Å². The Balaban J connectivity index is 2.00. The van der Waals surface area contributed by atoms with E-state index in [0.29, 0.717) is 24.8 Å². The molecule has 0 aliphatic carbocycles. The van der Waals surface area contributed by atoms with E-state index < -0.39 is 28.5 Å². The molecule has 0 aliphatic rings. The third kappa shape index (κ3) is 6.35. The number of carbonyl (C=O) groups excluding carboxylic acids is 2. The number of hydrogen-bond donors (Lipinski definition) is 1. The second-order valence-corrected chi connectivity index (χ2v) is 9.75. The molecule has 0 fully saturated rings. The Morgan fingerprint density at radius 2 is 1.67 bits per heavy atom. The van der Waals surface area contributed by atoms with Crippen molar-refractivity contribution < 1.29 is 22.7 Å². The number of benzene rings is 1. The van der Waals surface area contributed by atoms with Crippen molar-refractivity contribution in [2.24, 2.45) is 7.05 Å². The van der Waals surface area contributed by atoms with Crippen LogP contribution in [-0.2, 0) is 26.6 Å². The summed E-state index contributed by atoms with van der Waals surface area (Å²) in [5, 5.41) is 2.69. The van der Waals surface area contributed by atoms with Crippen LogP contribution in [0.4, 0.5) is 11.4 Å². The maximum absolute atomic E-state index is 12.7. The van der Waals surface area contributed by atoms with E-state index >= 15 is 0 Å². The molecule has 2 rings (SSSR count). The molecular formula is C23H34N4O5S. The summed E-state index contributed by atoms with van der Waals surface area (Å²) in [6, 6.07) is 9.05. The number of hydrogen-bond acceptors (Lipinski definition) is 6. The molecule has 0 saturated carbocycles. The lowest BCUT2D eigenvalue weighted by atomic mass is 10.2. The van der Waals surface area contributed by atoms with Crippen molar-refractivity contribution >= 4 is 33.3 Å². The van der Waals surface area contributed by atoms with E-state index in [9.17, 15) is 18.0 Å². The van der Waals surface area contributed by atoms with Crippen molar-refractivity contribution in [2.45, 2.75) is 45.6 Å². The fourth-order valence-corrected chi connectivity index (χ4v) is 5.10. The molecule has 0 saturated heterocycles. The predicted molar refractivity (Wildman–Crippen MR) is 129 cm³/mol. The third-order valence-electron chi connectivity index (χ3n) is 5.31. The van der Waals surface area contributed by atoms with Gasteiger partial charge in [0.25, 0.3) is 5.91 Å². The van der Waals surface area contributed by atoms with Crippen molar-refractivity contribution in [3.63, 3.8) is 0 Å². The number of nitrogens with one attached hydrogen (secondary N) is 1. The van der Waals surface area contributed by atoms with Crippen molar-refractivity contribution in [1.29, 1.82) is 0 Å². The van der Waals surface area contributed by atoms with Crippen molar-refractivity contribution in [2.75, 3.05) is 36.5 Å². The highest BCUT2D eigenvalue weighted by Gasteiger charge is 2.26. The quantitative estimate of drug-likeness (QED) is 0.498. The zero-order chi connectivity index (χ0) is 24.8. The van der Waals surface area contributed by atoms with Gasteiger partial charge in [-0.15, -0.1) is 0 Å². The van der Waals surface area contributed by atoms with Gasteiger partial charge in [0.2, 0.25) is 10.0 Å². The minimum atomic E-state index is -3.70. The van der Waals surface area contributed by atoms with Crippen LogP contribution in [0.5, 0.6) is 0 Å². The summed E-state index contributed by atoms with van der Waals surface area (Å²) < 4.78 is 33.1. The Hall–Kier alpha value is -2.85. The topological polar surface area (TPSA) is 101 Å². The first-order valence-electron chi connectivity index (χ1n) is 11.0. The number of esters is 1. The van der Waals surface area contributed by atoms with Gasteiger partial charge in [0.15, 0.2) is 6.61 Å². The average Bonchev–Trinajstić information content (AvgIpc) is 3.17. The first-order valence-corrected chi connectivity index (χ1v) is 12.5. The highest BCUT2D eigenvalue weighted by molar-refractivity contribution is 7.89. The highest BCUT2D eigenvalue weighted by Crippen LogP contribution is 2.21. The Morgan fingerprint density at radius 1 is 1.06 bits per heavy atom. The number of nitrogens with zero attached hydrogens (tertiary/aromatic N) is 3. The van der Waals surface area contributed by atoms with E-state index in [2.05, 4.69) is 31.0 Å². The van der Waals surface area contributed by atoms with Crippen LogP contribution in [0.15, 0.2) is 41.4 Å². The standard InChI is InChI=1S/C23H34N4O5S/c1-7-26(8-2)33(30,31)20-14-21(25(6)15-20)23(29)32-16-22(28)24-18-10-12-19(13-11-18)27(9-3)17(4)5/h10-15,17H,7-9,16H2,1-6H3,(H,24,28). The number of ether oxygens (including phenoxy) is 1. The van der Waals surface area contributed by atoms with Crippen molar-refractivity contribution in [3.8, 4) is 0 Å². The number of amides is 1. The number of sulfonamides is 1. The maximum Gasteiger partial charge on any atom is 0.355 e. The third-order valence-corrected chi connectivity index (χ3v) is 7.33. The van der Waals surface area contributed by atoms with E-state index in [4.69, 9.17) is 4.74 Å². The largest absolute Gasteiger partial charge is 0.451 e. The molecule has 1 heterocycles. The molecule has 1 aromatic carbocycles. The summed E-state index contributed by atoms with van der Waals surface area (Å²) in [6.45, 7) is 10.8. The molecule has 0 atom stereocenters. The first kappa shape index (κ1) is 26.4. The zero-order valence-corrected chi connectivity index (χ0v) is 21.0. The Bertz CT molecular complexity index is 1060. The lowest BCUT2D eigenvalue weighted by molar-refractivity contribution is -0.119. The predicted octanol–water partition coefficient (Wildman–Crippen LogP) is 3.09. The fourth-order valence-electron chi connectivity index (χ4n) is 3.58. The number of carbonyl (C=O) groups is 2. The Morgan fingerprint density at radius 3 is 2.18 bits per heavy atom.